The molecule has 43 heavy (non-hydrogen) atoms. The molecule has 0 atom stereocenters. The maximum absolute atomic E-state index is 15.4. The number of benzene rings is 3. The Morgan fingerprint density at radius 3 is 2.37 bits per heavy atom. The van der Waals surface area contributed by atoms with Crippen LogP contribution in [0.2, 0.25) is 5.15 Å². The standard InChI is InChI=1S/C31H22ClF2N5O4/c1-39-14-20(16-4-6-17(33)7-5-16)29(40)28-23(39)13-27(32)38-30(28)37-18-8-9-24(21(34)10-18)43-31-19-11-25(41-2)26(42-3)12-22(19)35-15-36-31/h4-15H,1-3H3,(H,37,38). The summed E-state index contributed by atoms with van der Waals surface area (Å²) in [7, 11) is 4.76. The maximum Gasteiger partial charge on any atom is 0.230 e. The van der Waals surface area contributed by atoms with Gasteiger partial charge in [0.25, 0.3) is 0 Å². The van der Waals surface area contributed by atoms with Crippen molar-refractivity contribution in [1.82, 2.24) is 19.5 Å². The molecule has 3 heterocycles. The zero-order valence-electron chi connectivity index (χ0n) is 23.0. The van der Waals surface area contributed by atoms with Gasteiger partial charge in [-0.25, -0.2) is 23.7 Å². The van der Waals surface area contributed by atoms with Crippen molar-refractivity contribution in [3.8, 4) is 34.3 Å². The lowest BCUT2D eigenvalue weighted by molar-refractivity contribution is 0.355. The van der Waals surface area contributed by atoms with Crippen molar-refractivity contribution in [3.63, 3.8) is 0 Å². The normalized spacial score (nSPS) is 11.1. The van der Waals surface area contributed by atoms with Crippen LogP contribution in [0.3, 0.4) is 0 Å². The van der Waals surface area contributed by atoms with E-state index in [0.717, 1.165) is 0 Å². The fraction of sp³-hybridized carbons (Fsp3) is 0.0968. The van der Waals surface area contributed by atoms with E-state index in [2.05, 4.69) is 20.3 Å². The highest BCUT2D eigenvalue weighted by atomic mass is 35.5. The second-order valence-corrected chi connectivity index (χ2v) is 9.84. The Labute approximate surface area is 248 Å². The number of pyridine rings is 2. The highest BCUT2D eigenvalue weighted by molar-refractivity contribution is 6.30. The van der Waals surface area contributed by atoms with Crippen LogP contribution in [-0.4, -0.2) is 33.7 Å². The molecule has 0 saturated heterocycles. The minimum atomic E-state index is -0.705. The van der Waals surface area contributed by atoms with E-state index in [-0.39, 0.29) is 39.1 Å². The molecule has 3 aromatic heterocycles. The van der Waals surface area contributed by atoms with E-state index in [1.165, 1.54) is 56.9 Å². The lowest BCUT2D eigenvalue weighted by atomic mass is 10.0. The van der Waals surface area contributed by atoms with Gasteiger partial charge in [0.15, 0.2) is 23.1 Å². The van der Waals surface area contributed by atoms with Gasteiger partial charge in [0, 0.05) is 42.7 Å². The van der Waals surface area contributed by atoms with Crippen molar-refractivity contribution >= 4 is 44.9 Å². The Bertz CT molecular complexity index is 2090. The van der Waals surface area contributed by atoms with Crippen LogP contribution in [0.4, 0.5) is 20.3 Å². The van der Waals surface area contributed by atoms with Gasteiger partial charge in [-0.3, -0.25) is 4.79 Å². The molecule has 0 aliphatic rings. The summed E-state index contributed by atoms with van der Waals surface area (Å²) in [6, 6.07) is 14.7. The highest BCUT2D eigenvalue weighted by Crippen LogP contribution is 2.37. The number of ether oxygens (including phenoxy) is 3. The molecule has 0 aliphatic heterocycles. The second kappa shape index (κ2) is 11.2. The molecular weight excluding hydrogens is 580 g/mol. The monoisotopic (exact) mass is 601 g/mol. The van der Waals surface area contributed by atoms with Gasteiger partial charge >= 0.3 is 0 Å². The number of rotatable bonds is 7. The van der Waals surface area contributed by atoms with E-state index >= 15 is 4.39 Å². The molecule has 3 aromatic carbocycles. The number of hydrogen-bond acceptors (Lipinski definition) is 8. The highest BCUT2D eigenvalue weighted by Gasteiger charge is 2.18. The van der Waals surface area contributed by atoms with E-state index in [4.69, 9.17) is 25.8 Å². The van der Waals surface area contributed by atoms with Crippen LogP contribution < -0.4 is 25.0 Å². The lowest BCUT2D eigenvalue weighted by Crippen LogP contribution is -2.13. The van der Waals surface area contributed by atoms with E-state index in [0.29, 0.717) is 39.0 Å². The smallest absolute Gasteiger partial charge is 0.230 e. The Morgan fingerprint density at radius 1 is 0.907 bits per heavy atom. The molecule has 0 fully saturated rings. The first-order chi connectivity index (χ1) is 20.7. The first kappa shape index (κ1) is 27.9. The molecule has 6 aromatic rings. The number of nitrogens with zero attached hydrogens (tertiary/aromatic N) is 4. The molecule has 0 radical (unpaired) electrons. The Balaban J connectivity index is 1.37. The number of aromatic nitrogens is 4. The zero-order valence-corrected chi connectivity index (χ0v) is 23.7. The van der Waals surface area contributed by atoms with Crippen LogP contribution in [0.1, 0.15) is 0 Å². The third-order valence-electron chi connectivity index (χ3n) is 6.80. The minimum Gasteiger partial charge on any atom is -0.493 e. The summed E-state index contributed by atoms with van der Waals surface area (Å²) in [6.45, 7) is 0. The quantitative estimate of drug-likeness (QED) is 0.195. The molecule has 12 heteroatoms. The Kier molecular flexibility index (Phi) is 7.24. The number of methoxy groups -OCH3 is 2. The van der Waals surface area contributed by atoms with Gasteiger partial charge in [0.1, 0.15) is 23.1 Å². The van der Waals surface area contributed by atoms with Gasteiger partial charge in [-0.2, -0.15) is 0 Å². The average Bonchev–Trinajstić information content (AvgIpc) is 3.00. The van der Waals surface area contributed by atoms with Crippen molar-refractivity contribution in [2.75, 3.05) is 19.5 Å². The van der Waals surface area contributed by atoms with Crippen molar-refractivity contribution in [2.45, 2.75) is 0 Å². The molecular formula is C31H22ClF2N5O4. The summed E-state index contributed by atoms with van der Waals surface area (Å²) >= 11 is 6.29. The van der Waals surface area contributed by atoms with E-state index in [1.54, 1.807) is 42.1 Å². The van der Waals surface area contributed by atoms with Crippen molar-refractivity contribution in [1.29, 1.82) is 0 Å². The van der Waals surface area contributed by atoms with Crippen LogP contribution in [0.25, 0.3) is 32.9 Å². The maximum atomic E-state index is 15.4. The first-order valence-corrected chi connectivity index (χ1v) is 13.2. The zero-order chi connectivity index (χ0) is 30.2. The van der Waals surface area contributed by atoms with E-state index in [1.807, 2.05) is 0 Å². The van der Waals surface area contributed by atoms with Gasteiger partial charge in [-0.15, -0.1) is 0 Å². The summed E-state index contributed by atoms with van der Waals surface area (Å²) in [4.78, 5) is 26.4. The molecule has 0 spiro atoms. The van der Waals surface area contributed by atoms with E-state index in [9.17, 15) is 9.18 Å². The van der Waals surface area contributed by atoms with Crippen LogP contribution in [0, 0.1) is 11.6 Å². The molecule has 9 nitrogen and oxygen atoms in total. The van der Waals surface area contributed by atoms with E-state index < -0.39 is 11.6 Å². The molecule has 0 unspecified atom stereocenters. The minimum absolute atomic E-state index is 0.0984. The first-order valence-electron chi connectivity index (χ1n) is 12.8. The largest absolute Gasteiger partial charge is 0.493 e. The molecule has 6 rings (SSSR count). The molecule has 216 valence electrons. The number of fused-ring (bicyclic) bond motifs is 2. The predicted molar refractivity (Wildman–Crippen MR) is 160 cm³/mol. The van der Waals surface area contributed by atoms with Gasteiger partial charge in [0.2, 0.25) is 11.3 Å². The molecule has 0 aliphatic carbocycles. The number of halogens is 3. The van der Waals surface area contributed by atoms with Crippen molar-refractivity contribution < 1.29 is 23.0 Å². The fourth-order valence-corrected chi connectivity index (χ4v) is 4.92. The summed E-state index contributed by atoms with van der Waals surface area (Å²) in [5, 5.41) is 3.86. The predicted octanol–water partition coefficient (Wildman–Crippen LogP) is 7.03. The third-order valence-corrected chi connectivity index (χ3v) is 7.00. The lowest BCUT2D eigenvalue weighted by Gasteiger charge is -2.15. The third kappa shape index (κ3) is 5.26. The van der Waals surface area contributed by atoms with Gasteiger partial charge in [0.05, 0.1) is 36.0 Å². The van der Waals surface area contributed by atoms with Crippen LogP contribution in [0.5, 0.6) is 23.1 Å². The summed E-state index contributed by atoms with van der Waals surface area (Å²) in [5.41, 5.74) is 1.82. The molecule has 0 bridgehead atoms. The van der Waals surface area contributed by atoms with Crippen molar-refractivity contribution in [2.24, 2.45) is 7.05 Å². The second-order valence-electron chi connectivity index (χ2n) is 9.45. The molecule has 0 amide bonds. The van der Waals surface area contributed by atoms with Crippen LogP contribution in [-0.2, 0) is 7.05 Å². The Hall–Kier alpha value is -5.29. The SMILES string of the molecule is COc1cc2ncnc(Oc3ccc(Nc4nc(Cl)cc5c4c(=O)c(-c4ccc(F)cc4)cn5C)cc3F)c2cc1OC. The summed E-state index contributed by atoms with van der Waals surface area (Å²) in [5.74, 6) is -0.0674. The van der Waals surface area contributed by atoms with Gasteiger partial charge in [-0.05, 0) is 35.9 Å². The summed E-state index contributed by atoms with van der Waals surface area (Å²) in [6.07, 6.45) is 2.94. The van der Waals surface area contributed by atoms with Gasteiger partial charge in [-0.1, -0.05) is 23.7 Å². The van der Waals surface area contributed by atoms with Crippen molar-refractivity contribution in [3.05, 3.63) is 100 Å². The Morgan fingerprint density at radius 2 is 1.65 bits per heavy atom. The number of hydrogen-bond donors (Lipinski definition) is 1. The number of nitrogens with one attached hydrogen (secondary N) is 1. The molecule has 0 saturated carbocycles. The van der Waals surface area contributed by atoms with Crippen LogP contribution >= 0.6 is 11.6 Å². The molecule has 1 N–H and O–H groups in total. The van der Waals surface area contributed by atoms with Gasteiger partial charge < -0.3 is 24.1 Å². The summed E-state index contributed by atoms with van der Waals surface area (Å²) < 4.78 is 47.1. The topological polar surface area (TPSA) is 100 Å². The fourth-order valence-electron chi connectivity index (χ4n) is 4.73. The average molecular weight is 602 g/mol. The number of aryl methyl sites for hydroxylation is 1. The number of anilines is 2. The van der Waals surface area contributed by atoms with Crippen LogP contribution in [0.15, 0.2) is 78.0 Å².